The van der Waals surface area contributed by atoms with Gasteiger partial charge in [-0.1, -0.05) is 6.07 Å². The molecule has 1 N–H and O–H groups in total. The number of ether oxygens (including phenoxy) is 2. The van der Waals surface area contributed by atoms with Crippen molar-refractivity contribution >= 4 is 11.9 Å². The minimum atomic E-state index is -0.998. The first kappa shape index (κ1) is 10.5. The molecule has 1 aliphatic heterocycles. The van der Waals surface area contributed by atoms with Crippen molar-refractivity contribution in [2.24, 2.45) is 4.99 Å². The molecule has 0 fully saturated rings. The van der Waals surface area contributed by atoms with Crippen molar-refractivity contribution < 1.29 is 19.4 Å². The van der Waals surface area contributed by atoms with Gasteiger partial charge in [0.15, 0.2) is 0 Å². The Kier molecular flexibility index (Phi) is 2.76. The fourth-order valence-electron chi connectivity index (χ4n) is 1.42. The Hall–Kier alpha value is -2.04. The average Bonchev–Trinajstić information content (AvgIpc) is 2.78. The van der Waals surface area contributed by atoms with Crippen molar-refractivity contribution in [2.75, 3.05) is 13.7 Å². The van der Waals surface area contributed by atoms with Gasteiger partial charge < -0.3 is 14.6 Å². The molecule has 0 saturated heterocycles. The van der Waals surface area contributed by atoms with Crippen LogP contribution in [0.1, 0.15) is 5.56 Å². The largest absolute Gasteiger partial charge is 0.497 e. The standard InChI is InChI=1S/C11H11NO4/c1-15-8-4-2-3-7(5-8)10-12-6-9(16-10)11(13)14/h2-5,9H,6H2,1H3,(H,13,14). The van der Waals surface area contributed by atoms with Crippen molar-refractivity contribution in [1.82, 2.24) is 0 Å². The third-order valence-corrected chi connectivity index (χ3v) is 2.25. The topological polar surface area (TPSA) is 68.1 Å². The fourth-order valence-corrected chi connectivity index (χ4v) is 1.42. The predicted molar refractivity (Wildman–Crippen MR) is 56.9 cm³/mol. The van der Waals surface area contributed by atoms with Crippen molar-refractivity contribution in [3.63, 3.8) is 0 Å². The van der Waals surface area contributed by atoms with Crippen molar-refractivity contribution in [3.05, 3.63) is 29.8 Å². The number of rotatable bonds is 3. The van der Waals surface area contributed by atoms with E-state index in [2.05, 4.69) is 4.99 Å². The van der Waals surface area contributed by atoms with E-state index in [0.717, 1.165) is 5.56 Å². The van der Waals surface area contributed by atoms with E-state index in [1.165, 1.54) is 0 Å². The van der Waals surface area contributed by atoms with Crippen LogP contribution in [0.25, 0.3) is 0 Å². The van der Waals surface area contributed by atoms with Gasteiger partial charge in [0.2, 0.25) is 12.0 Å². The van der Waals surface area contributed by atoms with Gasteiger partial charge in [0.1, 0.15) is 5.75 Å². The van der Waals surface area contributed by atoms with Gasteiger partial charge in [0.05, 0.1) is 13.7 Å². The van der Waals surface area contributed by atoms with Crippen LogP contribution in [-0.4, -0.2) is 36.7 Å². The van der Waals surface area contributed by atoms with Crippen LogP contribution in [0.4, 0.5) is 0 Å². The molecule has 0 saturated carbocycles. The quantitative estimate of drug-likeness (QED) is 0.824. The molecule has 84 valence electrons. The average molecular weight is 221 g/mol. The normalized spacial score (nSPS) is 18.8. The minimum absolute atomic E-state index is 0.155. The smallest absolute Gasteiger partial charge is 0.346 e. The third-order valence-electron chi connectivity index (χ3n) is 2.25. The lowest BCUT2D eigenvalue weighted by Crippen LogP contribution is -2.23. The number of nitrogens with zero attached hydrogens (tertiary/aromatic N) is 1. The van der Waals surface area contributed by atoms with E-state index in [0.29, 0.717) is 11.6 Å². The Morgan fingerprint density at radius 3 is 3.06 bits per heavy atom. The Morgan fingerprint density at radius 1 is 1.62 bits per heavy atom. The first-order valence-corrected chi connectivity index (χ1v) is 4.79. The molecular weight excluding hydrogens is 210 g/mol. The molecule has 1 unspecified atom stereocenters. The highest BCUT2D eigenvalue weighted by Gasteiger charge is 2.27. The molecule has 16 heavy (non-hydrogen) atoms. The molecule has 0 spiro atoms. The van der Waals surface area contributed by atoms with Gasteiger partial charge in [0, 0.05) is 5.56 Å². The molecule has 5 heteroatoms. The molecule has 0 aromatic heterocycles. The van der Waals surface area contributed by atoms with Gasteiger partial charge in [-0.15, -0.1) is 0 Å². The summed E-state index contributed by atoms with van der Waals surface area (Å²) in [4.78, 5) is 14.7. The van der Waals surface area contributed by atoms with Crippen molar-refractivity contribution in [2.45, 2.75) is 6.10 Å². The van der Waals surface area contributed by atoms with Crippen LogP contribution >= 0.6 is 0 Å². The van der Waals surface area contributed by atoms with Crippen LogP contribution in [0.3, 0.4) is 0 Å². The van der Waals surface area contributed by atoms with E-state index in [4.69, 9.17) is 14.6 Å². The van der Waals surface area contributed by atoms with Gasteiger partial charge in [-0.3, -0.25) is 0 Å². The maximum atomic E-state index is 10.7. The Bertz CT molecular complexity index is 441. The lowest BCUT2D eigenvalue weighted by molar-refractivity contribution is -0.144. The summed E-state index contributed by atoms with van der Waals surface area (Å²) in [5.41, 5.74) is 0.725. The van der Waals surface area contributed by atoms with E-state index in [1.54, 1.807) is 31.4 Å². The highest BCUT2D eigenvalue weighted by Crippen LogP contribution is 2.17. The number of aliphatic imine (C=N–C) groups is 1. The highest BCUT2D eigenvalue weighted by atomic mass is 16.5. The fraction of sp³-hybridized carbons (Fsp3) is 0.273. The third kappa shape index (κ3) is 1.98. The molecule has 0 amide bonds. The number of aliphatic carboxylic acids is 1. The molecule has 0 bridgehead atoms. The maximum Gasteiger partial charge on any atom is 0.346 e. The molecule has 0 aliphatic carbocycles. The summed E-state index contributed by atoms with van der Waals surface area (Å²) >= 11 is 0. The van der Waals surface area contributed by atoms with E-state index in [9.17, 15) is 4.79 Å². The van der Waals surface area contributed by atoms with Gasteiger partial charge in [-0.05, 0) is 18.2 Å². The molecule has 1 aliphatic rings. The van der Waals surface area contributed by atoms with Crippen LogP contribution in [0, 0.1) is 0 Å². The zero-order valence-electron chi connectivity index (χ0n) is 8.71. The van der Waals surface area contributed by atoms with Gasteiger partial charge in [-0.2, -0.15) is 0 Å². The lowest BCUT2D eigenvalue weighted by Gasteiger charge is -2.07. The second kappa shape index (κ2) is 4.22. The SMILES string of the molecule is COc1cccc(C2=NCC(C(=O)O)O2)c1. The number of carbonyl (C=O) groups is 1. The van der Waals surface area contributed by atoms with Gasteiger partial charge in [-0.25, -0.2) is 9.79 Å². The van der Waals surface area contributed by atoms with E-state index < -0.39 is 12.1 Å². The number of methoxy groups -OCH3 is 1. The molecule has 5 nitrogen and oxygen atoms in total. The lowest BCUT2D eigenvalue weighted by atomic mass is 10.2. The number of hydrogen-bond donors (Lipinski definition) is 1. The molecule has 2 rings (SSSR count). The number of carboxylic acid groups (broad SMARTS) is 1. The summed E-state index contributed by atoms with van der Waals surface area (Å²) in [7, 11) is 1.57. The summed E-state index contributed by atoms with van der Waals surface area (Å²) in [5, 5.41) is 8.76. The summed E-state index contributed by atoms with van der Waals surface area (Å²) in [6.45, 7) is 0.155. The van der Waals surface area contributed by atoms with Crippen LogP contribution in [0.2, 0.25) is 0 Å². The Labute approximate surface area is 92.3 Å². The van der Waals surface area contributed by atoms with Gasteiger partial charge >= 0.3 is 5.97 Å². The van der Waals surface area contributed by atoms with Crippen LogP contribution in [0.15, 0.2) is 29.3 Å². The van der Waals surface area contributed by atoms with Crippen LogP contribution in [-0.2, 0) is 9.53 Å². The maximum absolute atomic E-state index is 10.7. The summed E-state index contributed by atoms with van der Waals surface area (Å²) in [6, 6.07) is 7.15. The summed E-state index contributed by atoms with van der Waals surface area (Å²) in [6.07, 6.45) is -0.874. The Morgan fingerprint density at radius 2 is 2.44 bits per heavy atom. The van der Waals surface area contributed by atoms with Crippen molar-refractivity contribution in [1.29, 1.82) is 0 Å². The van der Waals surface area contributed by atoms with E-state index in [1.807, 2.05) is 0 Å². The monoisotopic (exact) mass is 221 g/mol. The van der Waals surface area contributed by atoms with E-state index >= 15 is 0 Å². The first-order valence-electron chi connectivity index (χ1n) is 4.79. The summed E-state index contributed by atoms with van der Waals surface area (Å²) < 4.78 is 10.3. The molecule has 1 atom stereocenters. The zero-order chi connectivity index (χ0) is 11.5. The van der Waals surface area contributed by atoms with Crippen LogP contribution in [0.5, 0.6) is 5.75 Å². The van der Waals surface area contributed by atoms with Crippen molar-refractivity contribution in [3.8, 4) is 5.75 Å². The number of hydrogen-bond acceptors (Lipinski definition) is 4. The first-order chi connectivity index (χ1) is 7.70. The van der Waals surface area contributed by atoms with Crippen LogP contribution < -0.4 is 4.74 Å². The number of benzene rings is 1. The highest BCUT2D eigenvalue weighted by molar-refractivity contribution is 5.97. The second-order valence-electron chi connectivity index (χ2n) is 3.32. The summed E-state index contributed by atoms with van der Waals surface area (Å²) in [5.74, 6) is 0.0375. The van der Waals surface area contributed by atoms with E-state index in [-0.39, 0.29) is 6.54 Å². The predicted octanol–water partition coefficient (Wildman–Crippen LogP) is 0.925. The molecule has 1 aromatic carbocycles. The van der Waals surface area contributed by atoms with Gasteiger partial charge in [0.25, 0.3) is 0 Å². The Balaban J connectivity index is 2.17. The molecular formula is C11H11NO4. The molecule has 0 radical (unpaired) electrons. The zero-order valence-corrected chi connectivity index (χ0v) is 8.71. The molecule has 1 aromatic rings. The number of carboxylic acids is 1. The molecule has 1 heterocycles. The minimum Gasteiger partial charge on any atom is -0.497 e. The second-order valence-corrected chi connectivity index (χ2v) is 3.32.